The van der Waals surface area contributed by atoms with Crippen molar-refractivity contribution in [2.24, 2.45) is 125 Å². The van der Waals surface area contributed by atoms with Crippen LogP contribution >= 0.6 is 0 Å². The Labute approximate surface area is 967 Å². The molecule has 0 aromatic heterocycles. The third-order valence-electron chi connectivity index (χ3n) is 34.6. The summed E-state index contributed by atoms with van der Waals surface area (Å²) in [5.41, 5.74) is 5.63. The summed E-state index contributed by atoms with van der Waals surface area (Å²) in [6, 6.07) is 0. The summed E-state index contributed by atoms with van der Waals surface area (Å²) in [5.74, 6) is 10.1. The van der Waals surface area contributed by atoms with Crippen LogP contribution in [0.4, 0.5) is 0 Å². The minimum Gasteiger partial charge on any atom is -0.0654 e. The molecule has 0 aromatic rings. The summed E-state index contributed by atoms with van der Waals surface area (Å²) in [6.07, 6.45) is 104. The smallest absolute Gasteiger partial charge is 0.0354 e. The van der Waals surface area contributed by atoms with E-state index in [2.05, 4.69) is 381 Å². The molecule has 0 radical (unpaired) electrons. The molecule has 922 valence electrons. The van der Waals surface area contributed by atoms with E-state index in [1.807, 2.05) is 0 Å². The number of unbranched alkanes of at least 4 members (excludes halogenated alkanes) is 38. The molecule has 0 nitrogen and oxygen atoms in total. The SMILES string of the molecule is CCC(C)C(C)(C)C.CCCC(C)C(C)(C)C.CCCCC(C)C(C)(C)C.CCCCC(CC)C(C)(C)C.CCCCC(CC)CC(C)(C)C.CCCCC(CCCC)CC(C)(C)C.CCCCCC(C)C(C)(C)C.CCCCCCC(C)C(C)(C)C.CCCCCCCCC(CCCCCC)CC(C)(C)C.CCCCCCCCC(CCCCCCCC)C(C)(C)C.CCCCCCCCC(CCCCCCCC)CC(C)(C)C. The predicted octanol–water partition coefficient (Wildman–Crippen LogP) is 58.1. The van der Waals surface area contributed by atoms with Gasteiger partial charge >= 0.3 is 0 Å². The van der Waals surface area contributed by atoms with E-state index in [0.717, 1.165) is 65.1 Å². The maximum Gasteiger partial charge on any atom is -0.0354 e. The first-order valence-corrected chi connectivity index (χ1v) is 69.4. The standard InChI is InChI=1S/C22H46.C21H44.C20H42.C14H30.2C12H26.2C11H24.C10H22.C9H20.C8H18/c1-6-8-10-12-14-16-18-21(20-22(3,4)5)19-17-15-13-11-9-7-2;1-6-8-10-12-14-16-18-20(21(3,4)5)19-17-15-13-11-9-7-2;1-6-8-10-12-13-15-17-19(18-20(3,4)5)16-14-11-9-7-2;1-6-8-10-13(11-9-7-2)12-14(3,4)5;1-6-7-8-9-10-11(2)12(3,4)5;1-6-8-9-11(7-2)10-12(3,4)5;1-6-7-8-9-10(2)11(3,4)5;1-6-8-9-10(7-2)11(3,4)5;1-6-7-8-9(2)10(3,4)5;1-6-7-8(2)9(3,4)5;1-6-7(2)8(3,4)5/h21H,6-20H2,1-5H3;20H,6-19H2,1-5H3;19H,6-18H2,1-5H3;13H,6-12H2,1-5H3;2*11H,6-10H2,1-5H3;2*10H,6-9H2,1-5H3;9H,6-8H2,1-5H3;8H,6-7H2,1-5H3;7H,6H2,1-5H3. The fourth-order valence-electron chi connectivity index (χ4n) is 20.9. The Bertz CT molecular complexity index is 2410. The van der Waals surface area contributed by atoms with Gasteiger partial charge in [0.05, 0.1) is 0 Å². The zero-order valence-corrected chi connectivity index (χ0v) is 118. The van der Waals surface area contributed by atoms with Crippen LogP contribution in [-0.2, 0) is 0 Å². The van der Waals surface area contributed by atoms with Crippen molar-refractivity contribution in [3.05, 3.63) is 0 Å². The molecular formula is C150H322. The molecular weight excluding hydrogens is 1800 g/mol. The lowest BCUT2D eigenvalue weighted by atomic mass is 9.75. The molecule has 0 saturated heterocycles. The van der Waals surface area contributed by atoms with E-state index in [0.29, 0.717) is 59.6 Å². The van der Waals surface area contributed by atoms with Gasteiger partial charge in [-0.1, -0.05) is 805 Å². The monoisotopic (exact) mass is 2120 g/mol. The van der Waals surface area contributed by atoms with Gasteiger partial charge in [-0.2, -0.15) is 0 Å². The van der Waals surface area contributed by atoms with E-state index in [-0.39, 0.29) is 0 Å². The van der Waals surface area contributed by atoms with E-state index in [1.54, 1.807) is 0 Å². The highest BCUT2D eigenvalue weighted by molar-refractivity contribution is 4.80. The third kappa shape index (κ3) is 146. The zero-order valence-electron chi connectivity index (χ0n) is 118. The lowest BCUT2D eigenvalue weighted by molar-refractivity contribution is 0.201. The van der Waals surface area contributed by atoms with Gasteiger partial charge in [-0.25, -0.2) is 0 Å². The van der Waals surface area contributed by atoms with E-state index in [1.165, 1.54) is 469 Å². The average Bonchev–Trinajstić information content (AvgIpc) is 0.892. The predicted molar refractivity (Wildman–Crippen MR) is 714 cm³/mol. The summed E-state index contributed by atoms with van der Waals surface area (Å²) >= 11 is 0. The highest BCUT2D eigenvalue weighted by Crippen LogP contribution is 2.41. The molecule has 0 heterocycles. The maximum atomic E-state index is 2.45. The van der Waals surface area contributed by atoms with Crippen LogP contribution in [0.2, 0.25) is 0 Å². The van der Waals surface area contributed by atoms with Crippen molar-refractivity contribution < 1.29 is 0 Å². The second-order valence-corrected chi connectivity index (χ2v) is 62.7. The van der Waals surface area contributed by atoms with Crippen molar-refractivity contribution in [1.29, 1.82) is 0 Å². The van der Waals surface area contributed by atoms with Crippen molar-refractivity contribution >= 4 is 0 Å². The highest BCUT2D eigenvalue weighted by Gasteiger charge is 2.28. The fraction of sp³-hybridized carbons (Fsp3) is 1.00. The Morgan fingerprint density at radius 3 is 0.453 bits per heavy atom. The van der Waals surface area contributed by atoms with Gasteiger partial charge in [-0.05, 0) is 170 Å². The molecule has 0 bridgehead atoms. The summed E-state index contributed by atoms with van der Waals surface area (Å²) in [7, 11) is 0. The molecule has 0 aliphatic heterocycles. The normalized spacial score (nSPS) is 13.9. The van der Waals surface area contributed by atoms with Crippen molar-refractivity contribution in [2.45, 2.75) is 850 Å². The van der Waals surface area contributed by atoms with Crippen LogP contribution in [0.1, 0.15) is 850 Å². The van der Waals surface area contributed by atoms with Crippen LogP contribution in [0.5, 0.6) is 0 Å². The number of rotatable bonds is 73. The lowest BCUT2D eigenvalue weighted by Crippen LogP contribution is -2.20. The largest absolute Gasteiger partial charge is 0.0654 e. The molecule has 0 amide bonds. The fourth-order valence-corrected chi connectivity index (χ4v) is 20.9. The molecule has 8 unspecified atom stereocenters. The molecule has 0 rings (SSSR count). The summed E-state index contributed by atoms with van der Waals surface area (Å²) in [5, 5.41) is 0. The van der Waals surface area contributed by atoms with Gasteiger partial charge in [-0.3, -0.25) is 0 Å². The topological polar surface area (TPSA) is 0 Å². The average molecular weight is 2130 g/mol. The Morgan fingerprint density at radius 1 is 0.113 bits per heavy atom. The van der Waals surface area contributed by atoms with Crippen LogP contribution in [0.25, 0.3) is 0 Å². The van der Waals surface area contributed by atoms with Gasteiger partial charge in [0.15, 0.2) is 0 Å². The summed E-state index contributed by atoms with van der Waals surface area (Å²) in [6.45, 7) is 129. The molecule has 0 fully saturated rings. The minimum atomic E-state index is 0.506. The first-order chi connectivity index (χ1) is 69.4. The third-order valence-corrected chi connectivity index (χ3v) is 34.6. The van der Waals surface area contributed by atoms with Crippen LogP contribution in [0, 0.1) is 125 Å². The Hall–Kier alpha value is 0. The minimum absolute atomic E-state index is 0.506. The van der Waals surface area contributed by atoms with E-state index in [9.17, 15) is 0 Å². The van der Waals surface area contributed by atoms with E-state index < -0.39 is 0 Å². The molecule has 0 aliphatic rings. The van der Waals surface area contributed by atoms with Gasteiger partial charge in [-0.15, -0.1) is 0 Å². The van der Waals surface area contributed by atoms with Gasteiger partial charge in [0, 0.05) is 0 Å². The van der Waals surface area contributed by atoms with Gasteiger partial charge in [0.25, 0.3) is 0 Å². The molecule has 0 saturated carbocycles. The lowest BCUT2D eigenvalue weighted by Gasteiger charge is -2.31. The molecule has 0 heteroatoms. The van der Waals surface area contributed by atoms with Crippen LogP contribution in [0.15, 0.2) is 0 Å². The molecule has 0 aromatic carbocycles. The van der Waals surface area contributed by atoms with Crippen molar-refractivity contribution in [3.63, 3.8) is 0 Å². The van der Waals surface area contributed by atoms with E-state index in [4.69, 9.17) is 0 Å². The Kier molecular flexibility index (Phi) is 127. The summed E-state index contributed by atoms with van der Waals surface area (Å²) < 4.78 is 0. The molecule has 0 N–H and O–H groups in total. The highest BCUT2D eigenvalue weighted by atomic mass is 14.3. The van der Waals surface area contributed by atoms with Crippen molar-refractivity contribution in [3.8, 4) is 0 Å². The summed E-state index contributed by atoms with van der Waals surface area (Å²) in [4.78, 5) is 0. The maximum absolute atomic E-state index is 2.45. The number of hydrogen-bond acceptors (Lipinski definition) is 0. The molecule has 150 heavy (non-hydrogen) atoms. The van der Waals surface area contributed by atoms with E-state index >= 15 is 0 Å². The van der Waals surface area contributed by atoms with Crippen LogP contribution in [0.3, 0.4) is 0 Å². The first-order valence-electron chi connectivity index (χ1n) is 69.4. The van der Waals surface area contributed by atoms with Crippen LogP contribution < -0.4 is 0 Å². The second kappa shape index (κ2) is 110. The van der Waals surface area contributed by atoms with Gasteiger partial charge < -0.3 is 0 Å². The number of hydrogen-bond donors (Lipinski definition) is 0. The zero-order chi connectivity index (χ0) is 118. The molecule has 0 spiro atoms. The Balaban J connectivity index is -0.000000160. The van der Waals surface area contributed by atoms with Crippen LogP contribution in [-0.4, -0.2) is 0 Å². The van der Waals surface area contributed by atoms with Crippen molar-refractivity contribution in [2.75, 3.05) is 0 Å². The second-order valence-electron chi connectivity index (χ2n) is 62.7. The molecule has 0 aliphatic carbocycles. The Morgan fingerprint density at radius 2 is 0.267 bits per heavy atom. The first kappa shape index (κ1) is 172. The van der Waals surface area contributed by atoms with Crippen molar-refractivity contribution in [1.82, 2.24) is 0 Å². The van der Waals surface area contributed by atoms with Gasteiger partial charge in [0.2, 0.25) is 0 Å². The van der Waals surface area contributed by atoms with Gasteiger partial charge in [0.1, 0.15) is 0 Å². The quantitative estimate of drug-likeness (QED) is 0.0533. The molecule has 8 atom stereocenters.